The van der Waals surface area contributed by atoms with E-state index in [1.54, 1.807) is 18.3 Å². The molecule has 0 aliphatic carbocycles. The van der Waals surface area contributed by atoms with E-state index < -0.39 is 11.2 Å². The van der Waals surface area contributed by atoms with Crippen molar-refractivity contribution in [3.8, 4) is 11.4 Å². The predicted octanol–water partition coefficient (Wildman–Crippen LogP) is 1.54. The molecule has 8 heteroatoms. The van der Waals surface area contributed by atoms with Crippen molar-refractivity contribution in [2.75, 3.05) is 0 Å². The van der Waals surface area contributed by atoms with E-state index in [9.17, 15) is 9.59 Å². The number of aromatic nitrogens is 5. The fourth-order valence-electron chi connectivity index (χ4n) is 2.12. The number of H-pyrrole nitrogens is 2. The van der Waals surface area contributed by atoms with Crippen molar-refractivity contribution >= 4 is 22.8 Å². The molecule has 0 aliphatic heterocycles. The molecular formula is C13H12ClN5O2. The van der Waals surface area contributed by atoms with Gasteiger partial charge in [0.05, 0.1) is 0 Å². The summed E-state index contributed by atoms with van der Waals surface area (Å²) in [6.07, 6.45) is 2.31. The van der Waals surface area contributed by atoms with Gasteiger partial charge in [-0.05, 0) is 18.6 Å². The van der Waals surface area contributed by atoms with Crippen LogP contribution in [-0.4, -0.2) is 24.5 Å². The molecule has 108 valence electrons. The Bertz CT molecular complexity index is 907. The van der Waals surface area contributed by atoms with Crippen LogP contribution in [0.1, 0.15) is 13.3 Å². The lowest BCUT2D eigenvalue weighted by Crippen LogP contribution is -2.30. The summed E-state index contributed by atoms with van der Waals surface area (Å²) in [7, 11) is 0. The normalized spacial score (nSPS) is 11.1. The van der Waals surface area contributed by atoms with Crippen LogP contribution >= 0.6 is 11.6 Å². The molecule has 0 saturated heterocycles. The molecule has 3 heterocycles. The van der Waals surface area contributed by atoms with Crippen molar-refractivity contribution in [2.24, 2.45) is 0 Å². The van der Waals surface area contributed by atoms with Gasteiger partial charge in [0.1, 0.15) is 16.5 Å². The van der Waals surface area contributed by atoms with Crippen LogP contribution in [-0.2, 0) is 6.54 Å². The Kier molecular flexibility index (Phi) is 3.34. The van der Waals surface area contributed by atoms with E-state index in [0.29, 0.717) is 28.7 Å². The highest BCUT2D eigenvalue weighted by atomic mass is 35.5. The first-order valence-corrected chi connectivity index (χ1v) is 6.82. The number of nitrogens with zero attached hydrogens (tertiary/aromatic N) is 3. The fraction of sp³-hybridized carbons (Fsp3) is 0.231. The lowest BCUT2D eigenvalue weighted by molar-refractivity contribution is 0.653. The molecule has 0 bridgehead atoms. The summed E-state index contributed by atoms with van der Waals surface area (Å²) in [5.41, 5.74) is 0.360. The van der Waals surface area contributed by atoms with Crippen molar-refractivity contribution in [1.29, 1.82) is 0 Å². The third-order valence-corrected chi connectivity index (χ3v) is 3.30. The molecule has 0 amide bonds. The van der Waals surface area contributed by atoms with Gasteiger partial charge in [0.2, 0.25) is 0 Å². The quantitative estimate of drug-likeness (QED) is 0.717. The van der Waals surface area contributed by atoms with Crippen LogP contribution in [0.5, 0.6) is 0 Å². The number of rotatable bonds is 3. The maximum Gasteiger partial charge on any atom is 0.330 e. The molecule has 7 nitrogen and oxygen atoms in total. The third-order valence-electron chi connectivity index (χ3n) is 3.08. The number of pyridine rings is 1. The summed E-state index contributed by atoms with van der Waals surface area (Å²) >= 11 is 5.75. The van der Waals surface area contributed by atoms with E-state index in [1.165, 1.54) is 4.57 Å². The monoisotopic (exact) mass is 305 g/mol. The molecule has 3 aromatic rings. The van der Waals surface area contributed by atoms with E-state index >= 15 is 0 Å². The predicted molar refractivity (Wildman–Crippen MR) is 79.5 cm³/mol. The van der Waals surface area contributed by atoms with E-state index in [-0.39, 0.29) is 5.52 Å². The Hall–Kier alpha value is -2.41. The zero-order chi connectivity index (χ0) is 15.0. The van der Waals surface area contributed by atoms with Crippen molar-refractivity contribution in [3.63, 3.8) is 0 Å². The fourth-order valence-corrected chi connectivity index (χ4v) is 2.24. The Morgan fingerprint density at radius 3 is 2.76 bits per heavy atom. The molecule has 0 spiro atoms. The number of aryl methyl sites for hydroxylation is 1. The van der Waals surface area contributed by atoms with Crippen LogP contribution in [0, 0.1) is 0 Å². The summed E-state index contributed by atoms with van der Waals surface area (Å²) in [6, 6.07) is 3.37. The lowest BCUT2D eigenvalue weighted by Gasteiger charge is -2.02. The van der Waals surface area contributed by atoms with Crippen molar-refractivity contribution in [2.45, 2.75) is 19.9 Å². The van der Waals surface area contributed by atoms with Gasteiger partial charge in [0.15, 0.2) is 5.65 Å². The summed E-state index contributed by atoms with van der Waals surface area (Å²) in [5, 5.41) is 0.371. The summed E-state index contributed by atoms with van der Waals surface area (Å²) in [6.45, 7) is 2.43. The highest BCUT2D eigenvalue weighted by molar-refractivity contribution is 6.29. The number of nitrogens with one attached hydrogen (secondary N) is 2. The van der Waals surface area contributed by atoms with Gasteiger partial charge < -0.3 is 4.98 Å². The minimum absolute atomic E-state index is 0.271. The van der Waals surface area contributed by atoms with Crippen molar-refractivity contribution in [3.05, 3.63) is 44.3 Å². The number of halogens is 1. The van der Waals surface area contributed by atoms with Crippen LogP contribution in [0.15, 0.2) is 27.9 Å². The van der Waals surface area contributed by atoms with Gasteiger partial charge >= 0.3 is 5.69 Å². The molecule has 0 atom stereocenters. The largest absolute Gasteiger partial charge is 0.332 e. The topological polar surface area (TPSA) is 96.4 Å². The molecule has 3 rings (SSSR count). The Labute approximate surface area is 123 Å². The second kappa shape index (κ2) is 5.17. The van der Waals surface area contributed by atoms with E-state index in [2.05, 4.69) is 19.9 Å². The summed E-state index contributed by atoms with van der Waals surface area (Å²) < 4.78 is 1.44. The molecule has 0 unspecified atom stereocenters. The SMILES string of the molecule is CCCn1c(=O)[nH]c(=O)c2[nH]c(-c3ccc(Cl)nc3)nc21. The molecule has 2 N–H and O–H groups in total. The highest BCUT2D eigenvalue weighted by Crippen LogP contribution is 2.18. The number of fused-ring (bicyclic) bond motifs is 1. The first-order valence-electron chi connectivity index (χ1n) is 6.45. The van der Waals surface area contributed by atoms with Gasteiger partial charge in [-0.3, -0.25) is 14.3 Å². The highest BCUT2D eigenvalue weighted by Gasteiger charge is 2.13. The van der Waals surface area contributed by atoms with Crippen LogP contribution in [0.2, 0.25) is 5.15 Å². The minimum Gasteiger partial charge on any atom is -0.332 e. The summed E-state index contributed by atoms with van der Waals surface area (Å²) in [4.78, 5) is 37.3. The molecule has 0 fully saturated rings. The van der Waals surface area contributed by atoms with Gasteiger partial charge in [0.25, 0.3) is 5.56 Å². The third kappa shape index (κ3) is 2.36. The van der Waals surface area contributed by atoms with Crippen LogP contribution < -0.4 is 11.2 Å². The van der Waals surface area contributed by atoms with E-state index in [1.807, 2.05) is 6.92 Å². The van der Waals surface area contributed by atoms with Gasteiger partial charge in [-0.1, -0.05) is 18.5 Å². The van der Waals surface area contributed by atoms with E-state index in [4.69, 9.17) is 11.6 Å². The molecule has 21 heavy (non-hydrogen) atoms. The van der Waals surface area contributed by atoms with Crippen molar-refractivity contribution in [1.82, 2.24) is 24.5 Å². The lowest BCUT2D eigenvalue weighted by atomic mass is 10.3. The summed E-state index contributed by atoms with van der Waals surface area (Å²) in [5.74, 6) is 0.468. The zero-order valence-electron chi connectivity index (χ0n) is 11.2. The maximum absolute atomic E-state index is 11.9. The second-order valence-corrected chi connectivity index (χ2v) is 4.95. The molecule has 0 aromatic carbocycles. The number of hydrogen-bond acceptors (Lipinski definition) is 4. The average Bonchev–Trinajstić information content (AvgIpc) is 2.90. The molecule has 0 radical (unpaired) electrons. The first-order chi connectivity index (χ1) is 10.1. The van der Waals surface area contributed by atoms with Crippen LogP contribution in [0.3, 0.4) is 0 Å². The van der Waals surface area contributed by atoms with Crippen LogP contribution in [0.25, 0.3) is 22.6 Å². The number of imidazole rings is 1. The Balaban J connectivity index is 2.26. The van der Waals surface area contributed by atoms with Gasteiger partial charge in [-0.15, -0.1) is 0 Å². The standard InChI is InChI=1S/C13H12ClN5O2/c1-2-5-19-11-9(12(20)18-13(19)21)16-10(17-11)7-3-4-8(14)15-6-7/h3-4,6H,2,5H2,1H3,(H,16,17)(H,18,20,21). The molecule has 3 aromatic heterocycles. The second-order valence-electron chi connectivity index (χ2n) is 4.56. The smallest absolute Gasteiger partial charge is 0.330 e. The first kappa shape index (κ1) is 13.6. The zero-order valence-corrected chi connectivity index (χ0v) is 11.9. The number of hydrogen-bond donors (Lipinski definition) is 2. The van der Waals surface area contributed by atoms with Gasteiger partial charge in [0, 0.05) is 18.3 Å². The van der Waals surface area contributed by atoms with Gasteiger partial charge in [-0.25, -0.2) is 14.8 Å². The molecular weight excluding hydrogens is 294 g/mol. The van der Waals surface area contributed by atoms with Crippen molar-refractivity contribution < 1.29 is 0 Å². The molecule has 0 saturated carbocycles. The van der Waals surface area contributed by atoms with Crippen LogP contribution in [0.4, 0.5) is 0 Å². The average molecular weight is 306 g/mol. The van der Waals surface area contributed by atoms with Gasteiger partial charge in [-0.2, -0.15) is 0 Å². The minimum atomic E-state index is -0.483. The Morgan fingerprint density at radius 2 is 2.10 bits per heavy atom. The number of aromatic amines is 2. The maximum atomic E-state index is 11.9. The van der Waals surface area contributed by atoms with E-state index in [0.717, 1.165) is 6.42 Å². The Morgan fingerprint density at radius 1 is 1.29 bits per heavy atom. The molecule has 0 aliphatic rings.